The molecule has 2 aromatic carbocycles. The van der Waals surface area contributed by atoms with E-state index in [9.17, 15) is 18.0 Å². The summed E-state index contributed by atoms with van der Waals surface area (Å²) in [7, 11) is -3.45. The number of nitrogens with one attached hydrogen (secondary N) is 1. The number of hydrogen-bond acceptors (Lipinski definition) is 4. The smallest absolute Gasteiger partial charge is 0.303 e. The van der Waals surface area contributed by atoms with Crippen molar-refractivity contribution in [3.05, 3.63) is 65.2 Å². The Bertz CT molecular complexity index is 871. The Morgan fingerprint density at radius 1 is 1.00 bits per heavy atom. The Morgan fingerprint density at radius 3 is 2.19 bits per heavy atom. The summed E-state index contributed by atoms with van der Waals surface area (Å²) >= 11 is 0. The van der Waals surface area contributed by atoms with Crippen molar-refractivity contribution in [3.63, 3.8) is 0 Å². The Balaban J connectivity index is 1.97. The normalized spacial score (nSPS) is 11.1. The molecule has 1 amide bonds. The Morgan fingerprint density at radius 2 is 1.62 bits per heavy atom. The zero-order chi connectivity index (χ0) is 19.2. The van der Waals surface area contributed by atoms with Gasteiger partial charge in [-0.25, -0.2) is 8.42 Å². The number of carboxylic acid groups (broad SMARTS) is 1. The minimum atomic E-state index is -3.45. The van der Waals surface area contributed by atoms with Crippen molar-refractivity contribution in [3.8, 4) is 0 Å². The van der Waals surface area contributed by atoms with Crippen LogP contribution in [0.4, 0.5) is 0 Å². The van der Waals surface area contributed by atoms with Gasteiger partial charge in [0.25, 0.3) is 5.91 Å². The van der Waals surface area contributed by atoms with Crippen molar-refractivity contribution >= 4 is 21.7 Å². The van der Waals surface area contributed by atoms with E-state index in [1.807, 2.05) is 6.92 Å². The van der Waals surface area contributed by atoms with Gasteiger partial charge in [-0.1, -0.05) is 29.8 Å². The summed E-state index contributed by atoms with van der Waals surface area (Å²) < 4.78 is 24.9. The molecule has 0 fully saturated rings. The van der Waals surface area contributed by atoms with Gasteiger partial charge in [0.05, 0.1) is 10.6 Å². The first kappa shape index (κ1) is 19.7. The lowest BCUT2D eigenvalue weighted by Crippen LogP contribution is -2.24. The molecule has 2 rings (SSSR count). The first-order valence-corrected chi connectivity index (χ1v) is 9.81. The van der Waals surface area contributed by atoms with Crippen LogP contribution in [0.15, 0.2) is 53.4 Å². The number of sulfone groups is 1. The third kappa shape index (κ3) is 5.70. The van der Waals surface area contributed by atoms with Gasteiger partial charge in [-0.15, -0.1) is 0 Å². The largest absolute Gasteiger partial charge is 0.481 e. The fraction of sp³-hybridized carbons (Fsp3) is 0.263. The van der Waals surface area contributed by atoms with Crippen LogP contribution < -0.4 is 5.32 Å². The van der Waals surface area contributed by atoms with E-state index in [0.717, 1.165) is 5.56 Å². The van der Waals surface area contributed by atoms with E-state index in [-0.39, 0.29) is 29.5 Å². The molecule has 2 N–H and O–H groups in total. The van der Waals surface area contributed by atoms with E-state index in [4.69, 9.17) is 5.11 Å². The molecule has 7 heteroatoms. The highest BCUT2D eigenvalue weighted by Crippen LogP contribution is 2.17. The molecule has 0 atom stereocenters. The van der Waals surface area contributed by atoms with E-state index in [2.05, 4.69) is 5.32 Å². The molecule has 138 valence electrons. The van der Waals surface area contributed by atoms with E-state index in [1.54, 1.807) is 48.5 Å². The third-order valence-electron chi connectivity index (χ3n) is 3.81. The highest BCUT2D eigenvalue weighted by molar-refractivity contribution is 7.90. The maximum Gasteiger partial charge on any atom is 0.303 e. The number of rotatable bonds is 8. The lowest BCUT2D eigenvalue weighted by molar-refractivity contribution is -0.137. The molecule has 0 saturated heterocycles. The van der Waals surface area contributed by atoms with Crippen LogP contribution in [0.2, 0.25) is 0 Å². The molecule has 0 bridgehead atoms. The zero-order valence-electron chi connectivity index (χ0n) is 14.4. The Labute approximate surface area is 152 Å². The molecule has 0 aliphatic carbocycles. The third-order valence-corrected chi connectivity index (χ3v) is 5.51. The quantitative estimate of drug-likeness (QED) is 0.691. The number of aryl methyl sites for hydroxylation is 1. The predicted octanol–water partition coefficient (Wildman–Crippen LogP) is 2.56. The molecular formula is C19H21NO5S. The molecule has 0 aromatic heterocycles. The monoisotopic (exact) mass is 375 g/mol. The van der Waals surface area contributed by atoms with Crippen LogP contribution in [0.5, 0.6) is 0 Å². The number of carbonyl (C=O) groups excluding carboxylic acids is 1. The lowest BCUT2D eigenvalue weighted by atomic mass is 10.1. The summed E-state index contributed by atoms with van der Waals surface area (Å²) in [5, 5.41) is 11.2. The number of carbonyl (C=O) groups is 2. The lowest BCUT2D eigenvalue weighted by Gasteiger charge is -2.07. The summed E-state index contributed by atoms with van der Waals surface area (Å²) in [4.78, 5) is 22.7. The Hall–Kier alpha value is -2.67. The van der Waals surface area contributed by atoms with Gasteiger partial charge >= 0.3 is 5.97 Å². The van der Waals surface area contributed by atoms with Gasteiger partial charge in [0, 0.05) is 18.5 Å². The predicted molar refractivity (Wildman–Crippen MR) is 97.7 cm³/mol. The molecular weight excluding hydrogens is 354 g/mol. The van der Waals surface area contributed by atoms with Gasteiger partial charge < -0.3 is 10.4 Å². The van der Waals surface area contributed by atoms with Gasteiger partial charge in [0.2, 0.25) is 0 Å². The van der Waals surface area contributed by atoms with E-state index < -0.39 is 15.8 Å². The topological polar surface area (TPSA) is 101 Å². The molecule has 0 saturated carbocycles. The molecule has 0 unspecified atom stereocenters. The molecule has 0 aliphatic rings. The van der Waals surface area contributed by atoms with Crippen molar-refractivity contribution in [1.82, 2.24) is 5.32 Å². The molecule has 0 spiro atoms. The van der Waals surface area contributed by atoms with Crippen LogP contribution in [-0.2, 0) is 20.4 Å². The highest BCUT2D eigenvalue weighted by Gasteiger charge is 2.15. The molecule has 0 heterocycles. The molecule has 2 aromatic rings. The number of carboxylic acids is 1. The average molecular weight is 375 g/mol. The van der Waals surface area contributed by atoms with Crippen LogP contribution in [0, 0.1) is 6.92 Å². The number of aliphatic carboxylic acids is 1. The second kappa shape index (κ2) is 8.62. The van der Waals surface area contributed by atoms with Crippen LogP contribution in [-0.4, -0.2) is 31.9 Å². The van der Waals surface area contributed by atoms with Crippen molar-refractivity contribution < 1.29 is 23.1 Å². The van der Waals surface area contributed by atoms with Gasteiger partial charge in [-0.3, -0.25) is 9.59 Å². The Kier molecular flexibility index (Phi) is 6.52. The maximum absolute atomic E-state index is 12.4. The second-order valence-corrected chi connectivity index (χ2v) is 8.01. The number of benzene rings is 2. The van der Waals surface area contributed by atoms with Crippen molar-refractivity contribution in [2.75, 3.05) is 6.54 Å². The van der Waals surface area contributed by atoms with Crippen LogP contribution in [0.3, 0.4) is 0 Å². The van der Waals surface area contributed by atoms with Crippen molar-refractivity contribution in [2.24, 2.45) is 0 Å². The fourth-order valence-corrected chi connectivity index (χ4v) is 3.69. The van der Waals surface area contributed by atoms with Crippen molar-refractivity contribution in [1.29, 1.82) is 0 Å². The van der Waals surface area contributed by atoms with E-state index in [1.165, 1.54) is 0 Å². The molecule has 0 radical (unpaired) electrons. The van der Waals surface area contributed by atoms with E-state index >= 15 is 0 Å². The first-order valence-electron chi connectivity index (χ1n) is 8.16. The summed E-state index contributed by atoms with van der Waals surface area (Å²) in [6.07, 6.45) is 0.351. The van der Waals surface area contributed by atoms with Crippen LogP contribution >= 0.6 is 0 Å². The van der Waals surface area contributed by atoms with E-state index in [0.29, 0.717) is 17.5 Å². The average Bonchev–Trinajstić information content (AvgIpc) is 2.59. The minimum Gasteiger partial charge on any atom is -0.481 e. The van der Waals surface area contributed by atoms with Gasteiger partial charge in [0.1, 0.15) is 0 Å². The zero-order valence-corrected chi connectivity index (χ0v) is 15.3. The molecule has 6 nitrogen and oxygen atoms in total. The fourth-order valence-electron chi connectivity index (χ4n) is 2.34. The van der Waals surface area contributed by atoms with Gasteiger partial charge in [0.15, 0.2) is 9.84 Å². The van der Waals surface area contributed by atoms with Crippen molar-refractivity contribution in [2.45, 2.75) is 30.4 Å². The van der Waals surface area contributed by atoms with Crippen LogP contribution in [0.25, 0.3) is 0 Å². The minimum absolute atomic E-state index is 0.00388. The SMILES string of the molecule is Cc1ccc(S(=O)(=O)Cc2ccc(C(=O)NCCCC(=O)O)cc2)cc1. The summed E-state index contributed by atoms with van der Waals surface area (Å²) in [6.45, 7) is 2.16. The molecule has 26 heavy (non-hydrogen) atoms. The summed E-state index contributed by atoms with van der Waals surface area (Å²) in [5.41, 5.74) is 1.98. The second-order valence-electron chi connectivity index (χ2n) is 6.02. The summed E-state index contributed by atoms with van der Waals surface area (Å²) in [5.74, 6) is -1.36. The standard InChI is InChI=1S/C19H21NO5S/c1-14-4-10-17(11-5-14)26(24,25)13-15-6-8-16(9-7-15)19(23)20-12-2-3-18(21)22/h4-11H,2-3,12-13H2,1H3,(H,20,23)(H,21,22). The highest BCUT2D eigenvalue weighted by atomic mass is 32.2. The van der Waals surface area contributed by atoms with Gasteiger partial charge in [-0.05, 0) is 43.2 Å². The maximum atomic E-state index is 12.4. The number of hydrogen-bond donors (Lipinski definition) is 2. The summed E-state index contributed by atoms with van der Waals surface area (Å²) in [6, 6.07) is 13.0. The van der Waals surface area contributed by atoms with Gasteiger partial charge in [-0.2, -0.15) is 0 Å². The number of amides is 1. The first-order chi connectivity index (χ1) is 12.3. The van der Waals surface area contributed by atoms with Crippen LogP contribution in [0.1, 0.15) is 34.3 Å². The molecule has 0 aliphatic heterocycles.